The molecule has 0 amide bonds. The molecule has 5 nitrogen and oxygen atoms in total. The van der Waals surface area contributed by atoms with E-state index in [1.165, 1.54) is 62.4 Å². The fourth-order valence-corrected chi connectivity index (χ4v) is 3.97. The molecule has 7 heteroatoms. The molecule has 26 heavy (non-hydrogen) atoms. The van der Waals surface area contributed by atoms with Crippen molar-refractivity contribution in [3.63, 3.8) is 0 Å². The van der Waals surface area contributed by atoms with Gasteiger partial charge in [0.15, 0.2) is 5.96 Å². The van der Waals surface area contributed by atoms with Crippen LogP contribution in [-0.2, 0) is 6.42 Å². The molecule has 0 saturated carbocycles. The number of nitrogens with zero attached hydrogens (tertiary/aromatic N) is 3. The second kappa shape index (κ2) is 13.7. The highest BCUT2D eigenvalue weighted by molar-refractivity contribution is 14.0. The normalized spacial score (nSPS) is 16.2. The van der Waals surface area contributed by atoms with Crippen LogP contribution in [-0.4, -0.2) is 55.6 Å². The molecule has 1 saturated heterocycles. The summed E-state index contributed by atoms with van der Waals surface area (Å²) in [6.07, 6.45) is 7.66. The molecule has 150 valence electrons. The number of hydrogen-bond donors (Lipinski definition) is 2. The Labute approximate surface area is 180 Å². The maximum atomic E-state index is 4.68. The first-order chi connectivity index (χ1) is 12.2. The Morgan fingerprint density at radius 1 is 1.19 bits per heavy atom. The van der Waals surface area contributed by atoms with Gasteiger partial charge in [-0.15, -0.1) is 35.3 Å². The van der Waals surface area contributed by atoms with Gasteiger partial charge in [0.2, 0.25) is 0 Å². The fraction of sp³-hybridized carbons (Fsp3) is 0.789. The maximum Gasteiger partial charge on any atom is 0.190 e. The molecule has 0 aliphatic carbocycles. The molecule has 0 bridgehead atoms. The van der Waals surface area contributed by atoms with Gasteiger partial charge in [-0.2, -0.15) is 0 Å². The first kappa shape index (κ1) is 23.6. The smallest absolute Gasteiger partial charge is 0.190 e. The highest BCUT2D eigenvalue weighted by Gasteiger charge is 2.08. The molecule has 0 spiro atoms. The van der Waals surface area contributed by atoms with Gasteiger partial charge < -0.3 is 15.5 Å². The third-order valence-corrected chi connectivity index (χ3v) is 5.80. The minimum Gasteiger partial charge on any atom is -0.356 e. The van der Waals surface area contributed by atoms with E-state index in [0.717, 1.165) is 25.5 Å². The van der Waals surface area contributed by atoms with Gasteiger partial charge in [-0.05, 0) is 38.9 Å². The summed E-state index contributed by atoms with van der Waals surface area (Å²) >= 11 is 1.76. The van der Waals surface area contributed by atoms with Gasteiger partial charge in [0.1, 0.15) is 0 Å². The number of rotatable bonds is 8. The van der Waals surface area contributed by atoms with Crippen LogP contribution in [0, 0.1) is 0 Å². The predicted octanol–water partition coefficient (Wildman–Crippen LogP) is 3.86. The molecule has 2 rings (SSSR count). The lowest BCUT2D eigenvalue weighted by Crippen LogP contribution is -2.39. The molecule has 1 aromatic heterocycles. The van der Waals surface area contributed by atoms with Gasteiger partial charge in [0, 0.05) is 37.9 Å². The van der Waals surface area contributed by atoms with Crippen molar-refractivity contribution in [3.8, 4) is 0 Å². The van der Waals surface area contributed by atoms with Crippen molar-refractivity contribution < 1.29 is 0 Å². The minimum atomic E-state index is 0. The fourth-order valence-electron chi connectivity index (χ4n) is 3.10. The Hall–Kier alpha value is -0.410. The third kappa shape index (κ3) is 8.99. The van der Waals surface area contributed by atoms with Crippen molar-refractivity contribution in [2.24, 2.45) is 4.99 Å². The second-order valence-corrected chi connectivity index (χ2v) is 8.01. The largest absolute Gasteiger partial charge is 0.356 e. The number of halogens is 1. The van der Waals surface area contributed by atoms with Gasteiger partial charge in [-0.25, -0.2) is 4.98 Å². The van der Waals surface area contributed by atoms with Crippen LogP contribution >= 0.6 is 35.3 Å². The number of nitrogens with one attached hydrogen (secondary N) is 2. The van der Waals surface area contributed by atoms with E-state index in [2.05, 4.69) is 44.7 Å². The van der Waals surface area contributed by atoms with E-state index in [0.29, 0.717) is 5.92 Å². The Kier molecular flexibility index (Phi) is 12.5. The summed E-state index contributed by atoms with van der Waals surface area (Å²) in [7, 11) is 1.84. The number of hydrogen-bond acceptors (Lipinski definition) is 4. The number of guanidine groups is 1. The van der Waals surface area contributed by atoms with Crippen molar-refractivity contribution in [3.05, 3.63) is 16.1 Å². The summed E-state index contributed by atoms with van der Waals surface area (Å²) in [5.74, 6) is 1.42. The number of thiazole rings is 1. The zero-order chi connectivity index (χ0) is 17.9. The van der Waals surface area contributed by atoms with Crippen LogP contribution in [0.25, 0.3) is 0 Å². The molecular weight excluding hydrogens is 457 g/mol. The molecule has 1 aliphatic heterocycles. The molecule has 0 unspecified atom stereocenters. The average molecular weight is 494 g/mol. The van der Waals surface area contributed by atoms with E-state index in [1.807, 2.05) is 7.05 Å². The lowest BCUT2D eigenvalue weighted by Gasteiger charge is -2.20. The quantitative estimate of drug-likeness (QED) is 0.250. The summed E-state index contributed by atoms with van der Waals surface area (Å²) in [6, 6.07) is 0. The van der Waals surface area contributed by atoms with E-state index in [4.69, 9.17) is 0 Å². The summed E-state index contributed by atoms with van der Waals surface area (Å²) < 4.78 is 0. The molecule has 1 fully saturated rings. The van der Waals surface area contributed by atoms with Crippen molar-refractivity contribution in [2.75, 3.05) is 39.8 Å². The van der Waals surface area contributed by atoms with E-state index < -0.39 is 0 Å². The molecule has 2 N–H and O–H groups in total. The molecule has 0 atom stereocenters. The standard InChI is InChI=1S/C19H35N5S.HI/c1-16(2)18-23-17(15-25-18)9-11-22-19(20-3)21-10-8-14-24-12-6-4-5-7-13-24;/h15-16H,4-14H2,1-3H3,(H2,20,21,22);1H. The van der Waals surface area contributed by atoms with E-state index in [-0.39, 0.29) is 24.0 Å². The van der Waals surface area contributed by atoms with Crippen molar-refractivity contribution >= 4 is 41.3 Å². The van der Waals surface area contributed by atoms with Crippen molar-refractivity contribution in [1.82, 2.24) is 20.5 Å². The minimum absolute atomic E-state index is 0. The van der Waals surface area contributed by atoms with Crippen molar-refractivity contribution in [1.29, 1.82) is 0 Å². The summed E-state index contributed by atoms with van der Waals surface area (Å²) in [5, 5.41) is 10.2. The molecule has 2 heterocycles. The predicted molar refractivity (Wildman–Crippen MR) is 124 cm³/mol. The second-order valence-electron chi connectivity index (χ2n) is 7.12. The molecule has 0 radical (unpaired) electrons. The summed E-state index contributed by atoms with van der Waals surface area (Å²) in [6.45, 7) is 9.98. The summed E-state index contributed by atoms with van der Waals surface area (Å²) in [4.78, 5) is 11.6. The molecule has 0 aromatic carbocycles. The number of aliphatic imine (C=N–C) groups is 1. The van der Waals surface area contributed by atoms with Gasteiger partial charge in [-0.1, -0.05) is 26.7 Å². The Morgan fingerprint density at radius 2 is 1.88 bits per heavy atom. The molecule has 1 aromatic rings. The lowest BCUT2D eigenvalue weighted by molar-refractivity contribution is 0.282. The number of likely N-dealkylation sites (tertiary alicyclic amines) is 1. The maximum absolute atomic E-state index is 4.68. The zero-order valence-corrected chi connectivity index (χ0v) is 19.7. The first-order valence-corrected chi connectivity index (χ1v) is 10.7. The van der Waals surface area contributed by atoms with Gasteiger partial charge in [0.05, 0.1) is 10.7 Å². The zero-order valence-electron chi connectivity index (χ0n) is 16.6. The van der Waals surface area contributed by atoms with Gasteiger partial charge in [0.25, 0.3) is 0 Å². The molecule has 1 aliphatic rings. The van der Waals surface area contributed by atoms with E-state index in [9.17, 15) is 0 Å². The monoisotopic (exact) mass is 493 g/mol. The van der Waals surface area contributed by atoms with Crippen LogP contribution in [0.4, 0.5) is 0 Å². The van der Waals surface area contributed by atoms with Crippen molar-refractivity contribution in [2.45, 2.75) is 58.3 Å². The average Bonchev–Trinajstić information content (AvgIpc) is 2.93. The SMILES string of the molecule is CN=C(NCCCN1CCCCCC1)NCCc1csc(C(C)C)n1.I. The highest BCUT2D eigenvalue weighted by atomic mass is 127. The van der Waals surface area contributed by atoms with Gasteiger partial charge >= 0.3 is 0 Å². The van der Waals surface area contributed by atoms with E-state index in [1.54, 1.807) is 11.3 Å². The third-order valence-electron chi connectivity index (χ3n) is 4.60. The van der Waals surface area contributed by atoms with Crippen LogP contribution in [0.1, 0.15) is 62.6 Å². The van der Waals surface area contributed by atoms with Crippen LogP contribution in [0.3, 0.4) is 0 Å². The number of aromatic nitrogens is 1. The molecular formula is C19H36IN5S. The van der Waals surface area contributed by atoms with Crippen LogP contribution < -0.4 is 10.6 Å². The highest BCUT2D eigenvalue weighted by Crippen LogP contribution is 2.19. The Bertz CT molecular complexity index is 510. The summed E-state index contributed by atoms with van der Waals surface area (Å²) in [5.41, 5.74) is 1.18. The first-order valence-electron chi connectivity index (χ1n) is 9.80. The Morgan fingerprint density at radius 3 is 2.50 bits per heavy atom. The van der Waals surface area contributed by atoms with E-state index >= 15 is 0 Å². The van der Waals surface area contributed by atoms with Crippen LogP contribution in [0.15, 0.2) is 10.4 Å². The van der Waals surface area contributed by atoms with Crippen LogP contribution in [0.5, 0.6) is 0 Å². The topological polar surface area (TPSA) is 52.6 Å². The van der Waals surface area contributed by atoms with Crippen LogP contribution in [0.2, 0.25) is 0 Å². The van der Waals surface area contributed by atoms with Gasteiger partial charge in [-0.3, -0.25) is 4.99 Å². The lowest BCUT2D eigenvalue weighted by atomic mass is 10.2. The Balaban J connectivity index is 0.00000338.